The van der Waals surface area contributed by atoms with Crippen LogP contribution in [0.1, 0.15) is 12.0 Å². The molecule has 0 bridgehead atoms. The van der Waals surface area contributed by atoms with Crippen molar-refractivity contribution in [3.8, 4) is 5.75 Å². The van der Waals surface area contributed by atoms with Gasteiger partial charge in [0.05, 0.1) is 7.11 Å². The van der Waals surface area contributed by atoms with Crippen LogP contribution in [0.4, 0.5) is 0 Å². The number of nitrogens with two attached hydrogens (primary N) is 1. The summed E-state index contributed by atoms with van der Waals surface area (Å²) in [5.41, 5.74) is 7.05. The lowest BCUT2D eigenvalue weighted by Gasteiger charge is -2.17. The van der Waals surface area contributed by atoms with Crippen LogP contribution in [0.25, 0.3) is 0 Å². The van der Waals surface area contributed by atoms with E-state index in [2.05, 4.69) is 4.90 Å². The zero-order chi connectivity index (χ0) is 11.5. The molecule has 1 aliphatic rings. The van der Waals surface area contributed by atoms with Gasteiger partial charge in [-0.2, -0.15) is 0 Å². The molecule has 1 aromatic rings. The highest BCUT2D eigenvalue weighted by molar-refractivity contribution is 6.30. The van der Waals surface area contributed by atoms with Gasteiger partial charge in [0.15, 0.2) is 0 Å². The largest absolute Gasteiger partial charge is 0.496 e. The van der Waals surface area contributed by atoms with E-state index >= 15 is 0 Å². The monoisotopic (exact) mass is 240 g/mol. The normalized spacial score (nSPS) is 21.3. The van der Waals surface area contributed by atoms with Crippen molar-refractivity contribution >= 4 is 11.6 Å². The number of nitrogens with zero attached hydrogens (tertiary/aromatic N) is 1. The number of hydrogen-bond acceptors (Lipinski definition) is 3. The van der Waals surface area contributed by atoms with E-state index in [4.69, 9.17) is 22.1 Å². The molecule has 88 valence electrons. The number of benzene rings is 1. The Balaban J connectivity index is 2.08. The van der Waals surface area contributed by atoms with Gasteiger partial charge in [-0.1, -0.05) is 17.7 Å². The number of hydrogen-bond donors (Lipinski definition) is 1. The van der Waals surface area contributed by atoms with E-state index in [-0.39, 0.29) is 0 Å². The van der Waals surface area contributed by atoms with Gasteiger partial charge in [-0.3, -0.25) is 4.90 Å². The van der Waals surface area contributed by atoms with E-state index < -0.39 is 0 Å². The molecule has 4 heteroatoms. The molecule has 1 heterocycles. The van der Waals surface area contributed by atoms with Gasteiger partial charge < -0.3 is 10.5 Å². The van der Waals surface area contributed by atoms with E-state index in [1.807, 2.05) is 18.2 Å². The smallest absolute Gasteiger partial charge is 0.124 e. The van der Waals surface area contributed by atoms with Crippen molar-refractivity contribution in [2.75, 3.05) is 20.2 Å². The van der Waals surface area contributed by atoms with Crippen molar-refractivity contribution in [3.63, 3.8) is 0 Å². The fraction of sp³-hybridized carbons (Fsp3) is 0.500. The molecule has 1 aliphatic heterocycles. The molecule has 16 heavy (non-hydrogen) atoms. The molecule has 0 radical (unpaired) electrons. The third-order valence-electron chi connectivity index (χ3n) is 2.95. The Morgan fingerprint density at radius 1 is 1.56 bits per heavy atom. The van der Waals surface area contributed by atoms with Crippen LogP contribution in [0.5, 0.6) is 5.75 Å². The first kappa shape index (κ1) is 11.7. The fourth-order valence-electron chi connectivity index (χ4n) is 2.10. The minimum absolute atomic E-state index is 0.318. The number of ether oxygens (including phenoxy) is 1. The van der Waals surface area contributed by atoms with E-state index in [9.17, 15) is 0 Å². The van der Waals surface area contributed by atoms with Crippen LogP contribution in [0.3, 0.4) is 0 Å². The van der Waals surface area contributed by atoms with Crippen molar-refractivity contribution in [2.24, 2.45) is 5.73 Å². The first-order valence-corrected chi connectivity index (χ1v) is 5.87. The number of likely N-dealkylation sites (tertiary alicyclic amines) is 1. The second kappa shape index (κ2) is 5.04. The molecule has 0 amide bonds. The van der Waals surface area contributed by atoms with E-state index in [1.54, 1.807) is 7.11 Å². The average Bonchev–Trinajstić information content (AvgIpc) is 2.67. The highest BCUT2D eigenvalue weighted by Crippen LogP contribution is 2.25. The van der Waals surface area contributed by atoms with Gasteiger partial charge in [0.25, 0.3) is 0 Å². The summed E-state index contributed by atoms with van der Waals surface area (Å²) in [4.78, 5) is 2.34. The Hall–Kier alpha value is -0.770. The molecular weight excluding hydrogens is 224 g/mol. The minimum Gasteiger partial charge on any atom is -0.496 e. The van der Waals surface area contributed by atoms with Gasteiger partial charge in [-0.15, -0.1) is 0 Å². The predicted molar refractivity (Wildman–Crippen MR) is 65.9 cm³/mol. The van der Waals surface area contributed by atoms with Crippen LogP contribution in [-0.4, -0.2) is 31.1 Å². The van der Waals surface area contributed by atoms with Crippen molar-refractivity contribution < 1.29 is 4.74 Å². The first-order chi connectivity index (χ1) is 7.69. The summed E-state index contributed by atoms with van der Waals surface area (Å²) >= 11 is 5.92. The van der Waals surface area contributed by atoms with Crippen LogP contribution in [0, 0.1) is 0 Å². The van der Waals surface area contributed by atoms with Crippen LogP contribution < -0.4 is 10.5 Å². The topological polar surface area (TPSA) is 38.5 Å². The Labute approximate surface area is 101 Å². The first-order valence-electron chi connectivity index (χ1n) is 5.49. The molecule has 0 aliphatic carbocycles. The maximum Gasteiger partial charge on any atom is 0.124 e. The summed E-state index contributed by atoms with van der Waals surface area (Å²) in [6.45, 7) is 2.91. The van der Waals surface area contributed by atoms with E-state index in [0.717, 1.165) is 31.8 Å². The predicted octanol–water partition coefficient (Wildman–Crippen LogP) is 1.88. The molecule has 0 unspecified atom stereocenters. The second-order valence-electron chi connectivity index (χ2n) is 4.24. The van der Waals surface area contributed by atoms with Crippen LogP contribution in [0.2, 0.25) is 5.02 Å². The van der Waals surface area contributed by atoms with Crippen molar-refractivity contribution in [1.82, 2.24) is 4.90 Å². The molecule has 3 nitrogen and oxygen atoms in total. The molecule has 1 atom stereocenters. The Morgan fingerprint density at radius 2 is 2.38 bits per heavy atom. The summed E-state index contributed by atoms with van der Waals surface area (Å²) < 4.78 is 5.32. The third-order valence-corrected chi connectivity index (χ3v) is 3.19. The highest BCUT2D eigenvalue weighted by atomic mass is 35.5. The molecule has 0 spiro atoms. The van der Waals surface area contributed by atoms with Crippen molar-refractivity contribution in [2.45, 2.75) is 19.0 Å². The number of methoxy groups -OCH3 is 1. The maximum absolute atomic E-state index is 5.92. The van der Waals surface area contributed by atoms with Gasteiger partial charge >= 0.3 is 0 Å². The molecular formula is C12H17ClN2O. The van der Waals surface area contributed by atoms with Crippen LogP contribution in [0.15, 0.2) is 18.2 Å². The van der Waals surface area contributed by atoms with Gasteiger partial charge in [0.1, 0.15) is 5.75 Å². The van der Waals surface area contributed by atoms with Gasteiger partial charge in [-0.05, 0) is 18.6 Å². The summed E-state index contributed by atoms with van der Waals surface area (Å²) in [6, 6.07) is 6.09. The SMILES string of the molecule is COc1cc(Cl)ccc1CN1CC[C@H](N)C1. The molecule has 0 aromatic heterocycles. The van der Waals surface area contributed by atoms with Crippen LogP contribution in [-0.2, 0) is 6.54 Å². The van der Waals surface area contributed by atoms with E-state index in [0.29, 0.717) is 11.1 Å². The van der Waals surface area contributed by atoms with Crippen molar-refractivity contribution in [3.05, 3.63) is 28.8 Å². The van der Waals surface area contributed by atoms with Gasteiger partial charge in [-0.25, -0.2) is 0 Å². The lowest BCUT2D eigenvalue weighted by Crippen LogP contribution is -2.26. The van der Waals surface area contributed by atoms with Crippen LogP contribution >= 0.6 is 11.6 Å². The Kier molecular flexibility index (Phi) is 3.69. The summed E-state index contributed by atoms with van der Waals surface area (Å²) in [6.07, 6.45) is 1.08. The van der Waals surface area contributed by atoms with E-state index in [1.165, 1.54) is 5.56 Å². The van der Waals surface area contributed by atoms with Gasteiger partial charge in [0, 0.05) is 36.3 Å². The van der Waals surface area contributed by atoms with Crippen molar-refractivity contribution in [1.29, 1.82) is 0 Å². The average molecular weight is 241 g/mol. The van der Waals surface area contributed by atoms with Gasteiger partial charge in [0.2, 0.25) is 0 Å². The fourth-order valence-corrected chi connectivity index (χ4v) is 2.26. The lowest BCUT2D eigenvalue weighted by atomic mass is 10.2. The quantitative estimate of drug-likeness (QED) is 0.877. The summed E-state index contributed by atoms with van der Waals surface area (Å²) in [7, 11) is 1.67. The zero-order valence-corrected chi connectivity index (χ0v) is 10.2. The highest BCUT2D eigenvalue weighted by Gasteiger charge is 2.19. The Bertz CT molecular complexity index is 370. The molecule has 1 saturated heterocycles. The summed E-state index contributed by atoms with van der Waals surface area (Å²) in [5, 5.41) is 0.707. The molecule has 0 saturated carbocycles. The lowest BCUT2D eigenvalue weighted by molar-refractivity contribution is 0.317. The molecule has 1 aromatic carbocycles. The standard InChI is InChI=1S/C12H17ClN2O/c1-16-12-6-10(13)3-2-9(12)7-15-5-4-11(14)8-15/h2-3,6,11H,4-5,7-8,14H2,1H3/t11-/m0/s1. The minimum atomic E-state index is 0.318. The molecule has 2 N–H and O–H groups in total. The second-order valence-corrected chi connectivity index (χ2v) is 4.68. The zero-order valence-electron chi connectivity index (χ0n) is 9.45. The number of halogens is 1. The molecule has 1 fully saturated rings. The number of rotatable bonds is 3. The summed E-state index contributed by atoms with van der Waals surface area (Å²) in [5.74, 6) is 0.855. The third kappa shape index (κ3) is 2.67. The molecule has 2 rings (SSSR count). The Morgan fingerprint density at radius 3 is 3.00 bits per heavy atom. The maximum atomic E-state index is 5.92.